The van der Waals surface area contributed by atoms with Crippen molar-refractivity contribution in [2.45, 2.75) is 50.0 Å². The zero-order valence-corrected chi connectivity index (χ0v) is 10.7. The van der Waals surface area contributed by atoms with Gasteiger partial charge in [0.2, 0.25) is 5.91 Å². The number of urea groups is 1. The van der Waals surface area contributed by atoms with Gasteiger partial charge < -0.3 is 5.73 Å². The molecule has 0 aliphatic heterocycles. The van der Waals surface area contributed by atoms with E-state index in [0.29, 0.717) is 5.25 Å². The van der Waals surface area contributed by atoms with Crippen LogP contribution in [0.2, 0.25) is 0 Å². The molecule has 1 aliphatic carbocycles. The first-order valence-electron chi connectivity index (χ1n) is 5.76. The van der Waals surface area contributed by atoms with Crippen LogP contribution in [-0.2, 0) is 4.79 Å². The monoisotopic (exact) mass is 244 g/mol. The normalized spacial score (nSPS) is 18.7. The fraction of sp³-hybridized carbons (Fsp3) is 0.818. The summed E-state index contributed by atoms with van der Waals surface area (Å²) < 4.78 is 0. The Morgan fingerprint density at radius 1 is 1.31 bits per heavy atom. The van der Waals surface area contributed by atoms with E-state index >= 15 is 0 Å². The molecule has 1 aliphatic rings. The van der Waals surface area contributed by atoms with E-state index in [4.69, 9.17) is 5.73 Å². The molecule has 0 bridgehead atoms. The van der Waals surface area contributed by atoms with Crippen molar-refractivity contribution >= 4 is 23.7 Å². The predicted molar refractivity (Wildman–Crippen MR) is 66.2 cm³/mol. The van der Waals surface area contributed by atoms with Crippen molar-refractivity contribution in [1.82, 2.24) is 5.32 Å². The quantitative estimate of drug-likeness (QED) is 0.793. The summed E-state index contributed by atoms with van der Waals surface area (Å²) >= 11 is 1.69. The summed E-state index contributed by atoms with van der Waals surface area (Å²) in [5.74, 6) is -0.0376. The first-order chi connectivity index (χ1) is 7.50. The molecule has 0 spiro atoms. The van der Waals surface area contributed by atoms with Gasteiger partial charge in [0, 0.05) is 5.25 Å². The highest BCUT2D eigenvalue weighted by atomic mass is 32.2. The molecular weight excluding hydrogens is 224 g/mol. The molecule has 4 nitrogen and oxygen atoms in total. The fourth-order valence-corrected chi connectivity index (χ4v) is 3.46. The number of hydrogen-bond donors (Lipinski definition) is 2. The first-order valence-corrected chi connectivity index (χ1v) is 6.70. The highest BCUT2D eigenvalue weighted by Crippen LogP contribution is 2.34. The molecule has 1 fully saturated rings. The Kier molecular flexibility index (Phi) is 5.12. The number of amides is 3. The summed E-state index contributed by atoms with van der Waals surface area (Å²) in [6.07, 6.45) is 4.86. The number of carbonyl (C=O) groups excluding carboxylic acids is 2. The number of rotatable bonds is 4. The van der Waals surface area contributed by atoms with E-state index in [9.17, 15) is 9.59 Å². The number of nitrogens with two attached hydrogens (primary N) is 1. The number of hydrogen-bond acceptors (Lipinski definition) is 3. The molecule has 0 aromatic carbocycles. The Morgan fingerprint density at radius 2 is 1.88 bits per heavy atom. The standard InChI is InChI=1S/C11H20N2O2S/c1-7(2)9(10(14)13-11(12)15)16-8-5-3-4-6-8/h7-9H,3-6H2,1-2H3,(H3,12,13,14,15)/t9-/m1/s1. The van der Waals surface area contributed by atoms with Crippen molar-refractivity contribution < 1.29 is 9.59 Å². The number of thioether (sulfide) groups is 1. The summed E-state index contributed by atoms with van der Waals surface area (Å²) in [6.45, 7) is 3.99. The van der Waals surface area contributed by atoms with Crippen molar-refractivity contribution in [3.63, 3.8) is 0 Å². The average Bonchev–Trinajstić information content (AvgIpc) is 2.64. The maximum Gasteiger partial charge on any atom is 0.318 e. The summed E-state index contributed by atoms with van der Waals surface area (Å²) in [5.41, 5.74) is 4.96. The lowest BCUT2D eigenvalue weighted by Gasteiger charge is -2.22. The van der Waals surface area contributed by atoms with Crippen LogP contribution in [0, 0.1) is 5.92 Å². The van der Waals surface area contributed by atoms with Crippen LogP contribution in [0.25, 0.3) is 0 Å². The van der Waals surface area contributed by atoms with Gasteiger partial charge in [-0.1, -0.05) is 26.7 Å². The highest BCUT2D eigenvalue weighted by Gasteiger charge is 2.28. The topological polar surface area (TPSA) is 72.2 Å². The van der Waals surface area contributed by atoms with E-state index in [1.807, 2.05) is 13.8 Å². The molecule has 1 saturated carbocycles. The molecule has 0 heterocycles. The Morgan fingerprint density at radius 3 is 2.31 bits per heavy atom. The largest absolute Gasteiger partial charge is 0.351 e. The molecule has 0 aromatic heterocycles. The van der Waals surface area contributed by atoms with E-state index in [1.54, 1.807) is 11.8 Å². The summed E-state index contributed by atoms with van der Waals surface area (Å²) in [7, 11) is 0. The smallest absolute Gasteiger partial charge is 0.318 e. The lowest BCUT2D eigenvalue weighted by Crippen LogP contribution is -2.42. The number of imide groups is 1. The molecule has 0 unspecified atom stereocenters. The molecule has 3 N–H and O–H groups in total. The zero-order chi connectivity index (χ0) is 12.1. The second-order valence-electron chi connectivity index (χ2n) is 4.56. The van der Waals surface area contributed by atoms with E-state index < -0.39 is 6.03 Å². The van der Waals surface area contributed by atoms with Gasteiger partial charge in [-0.05, 0) is 18.8 Å². The maximum atomic E-state index is 11.8. The van der Waals surface area contributed by atoms with E-state index in [-0.39, 0.29) is 17.1 Å². The number of nitrogens with one attached hydrogen (secondary N) is 1. The van der Waals surface area contributed by atoms with Crippen LogP contribution in [0.1, 0.15) is 39.5 Å². The van der Waals surface area contributed by atoms with Gasteiger partial charge >= 0.3 is 6.03 Å². The SMILES string of the molecule is CC(C)[C@@H](SC1CCCC1)C(=O)NC(N)=O. The van der Waals surface area contributed by atoms with Gasteiger partial charge in [-0.2, -0.15) is 0 Å². The summed E-state index contributed by atoms with van der Waals surface area (Å²) in [6, 6.07) is -0.761. The molecular formula is C11H20N2O2S. The number of primary amides is 1. The van der Waals surface area contributed by atoms with Crippen LogP contribution in [0.3, 0.4) is 0 Å². The van der Waals surface area contributed by atoms with Gasteiger partial charge in [-0.25, -0.2) is 4.79 Å². The molecule has 1 atom stereocenters. The lowest BCUT2D eigenvalue weighted by atomic mass is 10.1. The Hall–Kier alpha value is -0.710. The third kappa shape index (κ3) is 4.04. The predicted octanol–water partition coefficient (Wildman–Crippen LogP) is 1.88. The first kappa shape index (κ1) is 13.4. The van der Waals surface area contributed by atoms with Crippen molar-refractivity contribution in [2.75, 3.05) is 0 Å². The number of carbonyl (C=O) groups is 2. The van der Waals surface area contributed by atoms with E-state index in [1.165, 1.54) is 25.7 Å². The van der Waals surface area contributed by atoms with Crippen LogP contribution in [0.15, 0.2) is 0 Å². The molecule has 0 aromatic rings. The van der Waals surface area contributed by atoms with Crippen LogP contribution in [0.5, 0.6) is 0 Å². The molecule has 3 amide bonds. The van der Waals surface area contributed by atoms with Crippen LogP contribution in [0.4, 0.5) is 4.79 Å². The van der Waals surface area contributed by atoms with Gasteiger partial charge in [0.1, 0.15) is 0 Å². The van der Waals surface area contributed by atoms with Gasteiger partial charge in [0.25, 0.3) is 0 Å². The zero-order valence-electron chi connectivity index (χ0n) is 9.86. The maximum absolute atomic E-state index is 11.8. The third-order valence-electron chi connectivity index (χ3n) is 2.75. The molecule has 92 valence electrons. The minimum Gasteiger partial charge on any atom is -0.351 e. The summed E-state index contributed by atoms with van der Waals surface area (Å²) in [5, 5.41) is 2.57. The van der Waals surface area contributed by atoms with E-state index in [0.717, 1.165) is 0 Å². The fourth-order valence-electron chi connectivity index (χ4n) is 1.95. The van der Waals surface area contributed by atoms with Crippen LogP contribution in [-0.4, -0.2) is 22.4 Å². The lowest BCUT2D eigenvalue weighted by molar-refractivity contribution is -0.120. The van der Waals surface area contributed by atoms with Crippen LogP contribution >= 0.6 is 11.8 Å². The molecule has 1 rings (SSSR count). The summed E-state index contributed by atoms with van der Waals surface area (Å²) in [4.78, 5) is 22.4. The minimum absolute atomic E-state index is 0.171. The molecule has 5 heteroatoms. The van der Waals surface area contributed by atoms with Gasteiger partial charge in [-0.15, -0.1) is 11.8 Å². The third-order valence-corrected chi connectivity index (χ3v) is 4.66. The molecule has 0 radical (unpaired) electrons. The van der Waals surface area contributed by atoms with Crippen molar-refractivity contribution in [3.8, 4) is 0 Å². The molecule has 0 saturated heterocycles. The van der Waals surface area contributed by atoms with E-state index in [2.05, 4.69) is 5.32 Å². The van der Waals surface area contributed by atoms with Gasteiger partial charge in [0.05, 0.1) is 5.25 Å². The second-order valence-corrected chi connectivity index (χ2v) is 6.01. The van der Waals surface area contributed by atoms with Crippen molar-refractivity contribution in [3.05, 3.63) is 0 Å². The van der Waals surface area contributed by atoms with Crippen LogP contribution < -0.4 is 11.1 Å². The highest BCUT2D eigenvalue weighted by molar-refractivity contribution is 8.01. The second kappa shape index (κ2) is 6.13. The Balaban J connectivity index is 2.52. The average molecular weight is 244 g/mol. The van der Waals surface area contributed by atoms with Crippen molar-refractivity contribution in [2.24, 2.45) is 11.7 Å². The molecule has 16 heavy (non-hydrogen) atoms. The van der Waals surface area contributed by atoms with Gasteiger partial charge in [-0.3, -0.25) is 10.1 Å². The Labute approximate surface area is 101 Å². The van der Waals surface area contributed by atoms with Crippen molar-refractivity contribution in [1.29, 1.82) is 0 Å². The van der Waals surface area contributed by atoms with Gasteiger partial charge in [0.15, 0.2) is 0 Å². The Bertz CT molecular complexity index is 263. The minimum atomic E-state index is -0.761.